The number of ether oxygens (including phenoxy) is 4. The third-order valence-electron chi connectivity index (χ3n) is 5.81. The zero-order chi connectivity index (χ0) is 38.2. The smallest absolute Gasteiger partial charge is 0.410 e. The van der Waals surface area contributed by atoms with Crippen LogP contribution in [0.25, 0.3) is 0 Å². The van der Waals surface area contributed by atoms with Gasteiger partial charge >= 0.3 is 18.2 Å². The summed E-state index contributed by atoms with van der Waals surface area (Å²) in [5, 5.41) is 11.7. The number of hydrogen-bond acceptors (Lipinski definition) is 9. The summed E-state index contributed by atoms with van der Waals surface area (Å²) in [6.07, 6.45) is 2.62. The first-order valence-corrected chi connectivity index (χ1v) is 16.4. The standard InChI is InChI=1S/C24H44N4O8.2C5H12O/c1-23(2,3)35-21(33)25-11-9-14-26(18-29)12-7-8-13-27(19-30)15-10-16-28(17-20(31)32)22(34)36-24(4,5)6;2*1-5(2,3)6-4/h18-19H,7-17H2,1-6H3,(H,25,33)(H,31,32);2*1-4H3. The topological polar surface area (TPSA) is 164 Å². The van der Waals surface area contributed by atoms with Gasteiger partial charge in [-0.2, -0.15) is 0 Å². The van der Waals surface area contributed by atoms with Crippen molar-refractivity contribution in [3.8, 4) is 0 Å². The predicted molar refractivity (Wildman–Crippen MR) is 187 cm³/mol. The Labute approximate surface area is 290 Å². The second kappa shape index (κ2) is 24.9. The number of unbranched alkanes of at least 4 members (excludes halogenated alkanes) is 1. The monoisotopic (exact) mass is 692 g/mol. The Bertz CT molecular complexity index is 890. The molecule has 0 saturated carbocycles. The number of nitrogens with one attached hydrogen (secondary N) is 1. The van der Waals surface area contributed by atoms with Gasteiger partial charge in [0, 0.05) is 53.5 Å². The Kier molecular flexibility index (Phi) is 25.6. The molecule has 0 aliphatic heterocycles. The Hall–Kier alpha value is -3.13. The molecule has 0 aliphatic rings. The van der Waals surface area contributed by atoms with Crippen molar-refractivity contribution in [3.05, 3.63) is 0 Å². The highest BCUT2D eigenvalue weighted by molar-refractivity contribution is 5.76. The third kappa shape index (κ3) is 37.3. The van der Waals surface area contributed by atoms with Crippen LogP contribution in [0.15, 0.2) is 0 Å². The number of carboxylic acid groups (broad SMARTS) is 1. The number of carboxylic acids is 1. The van der Waals surface area contributed by atoms with Gasteiger partial charge in [0.05, 0.1) is 11.2 Å². The number of carbonyl (C=O) groups excluding carboxylic acids is 4. The van der Waals surface area contributed by atoms with Crippen LogP contribution in [0.1, 0.15) is 109 Å². The maximum atomic E-state index is 12.2. The van der Waals surface area contributed by atoms with Gasteiger partial charge < -0.3 is 39.2 Å². The Morgan fingerprint density at radius 3 is 1.31 bits per heavy atom. The average molecular weight is 693 g/mol. The number of carbonyl (C=O) groups is 5. The summed E-state index contributed by atoms with van der Waals surface area (Å²) in [6.45, 7) is 24.5. The predicted octanol–water partition coefficient (Wildman–Crippen LogP) is 5.17. The molecule has 0 heterocycles. The average Bonchev–Trinajstić information content (AvgIpc) is 2.92. The Morgan fingerprint density at radius 1 is 0.604 bits per heavy atom. The molecule has 2 N–H and O–H groups in total. The van der Waals surface area contributed by atoms with E-state index in [0.29, 0.717) is 58.4 Å². The third-order valence-corrected chi connectivity index (χ3v) is 5.81. The zero-order valence-electron chi connectivity index (χ0n) is 32.4. The molecule has 0 aromatic carbocycles. The molecule has 0 atom stereocenters. The van der Waals surface area contributed by atoms with Crippen LogP contribution >= 0.6 is 0 Å². The van der Waals surface area contributed by atoms with E-state index in [1.165, 1.54) is 0 Å². The van der Waals surface area contributed by atoms with Crippen molar-refractivity contribution in [1.29, 1.82) is 0 Å². The van der Waals surface area contributed by atoms with Gasteiger partial charge in [0.2, 0.25) is 12.8 Å². The van der Waals surface area contributed by atoms with Crippen molar-refractivity contribution in [2.24, 2.45) is 0 Å². The van der Waals surface area contributed by atoms with Crippen molar-refractivity contribution in [2.45, 2.75) is 131 Å². The lowest BCUT2D eigenvalue weighted by Crippen LogP contribution is -2.41. The van der Waals surface area contributed by atoms with E-state index in [1.807, 2.05) is 41.5 Å². The largest absolute Gasteiger partial charge is 0.480 e. The van der Waals surface area contributed by atoms with E-state index in [4.69, 9.17) is 24.1 Å². The summed E-state index contributed by atoms with van der Waals surface area (Å²) in [6, 6.07) is 0. The van der Waals surface area contributed by atoms with Gasteiger partial charge in [0.25, 0.3) is 0 Å². The lowest BCUT2D eigenvalue weighted by atomic mass is 10.2. The minimum Gasteiger partial charge on any atom is -0.480 e. The van der Waals surface area contributed by atoms with E-state index < -0.39 is 35.9 Å². The van der Waals surface area contributed by atoms with E-state index in [1.54, 1.807) is 65.6 Å². The molecule has 0 aromatic heterocycles. The molecular weight excluding hydrogens is 624 g/mol. The summed E-state index contributed by atoms with van der Waals surface area (Å²) in [5.74, 6) is -1.14. The fourth-order valence-electron chi connectivity index (χ4n) is 3.04. The Morgan fingerprint density at radius 2 is 0.979 bits per heavy atom. The van der Waals surface area contributed by atoms with Crippen molar-refractivity contribution in [2.75, 3.05) is 60.0 Å². The highest BCUT2D eigenvalue weighted by Gasteiger charge is 2.24. The van der Waals surface area contributed by atoms with Crippen LogP contribution in [0.2, 0.25) is 0 Å². The van der Waals surface area contributed by atoms with Crippen LogP contribution < -0.4 is 5.32 Å². The van der Waals surface area contributed by atoms with Crippen LogP contribution in [0, 0.1) is 0 Å². The van der Waals surface area contributed by atoms with Gasteiger partial charge in [-0.25, -0.2) is 9.59 Å². The van der Waals surface area contributed by atoms with Crippen LogP contribution in [0.4, 0.5) is 9.59 Å². The summed E-state index contributed by atoms with van der Waals surface area (Å²) >= 11 is 0. The van der Waals surface area contributed by atoms with E-state index in [0.717, 1.165) is 17.7 Å². The lowest BCUT2D eigenvalue weighted by molar-refractivity contribution is -0.138. The molecule has 48 heavy (non-hydrogen) atoms. The van der Waals surface area contributed by atoms with Crippen LogP contribution in [-0.2, 0) is 33.3 Å². The first-order chi connectivity index (χ1) is 21.8. The second-order valence-corrected chi connectivity index (χ2v) is 15.1. The summed E-state index contributed by atoms with van der Waals surface area (Å²) in [4.78, 5) is 61.9. The molecule has 0 aromatic rings. The second-order valence-electron chi connectivity index (χ2n) is 15.1. The van der Waals surface area contributed by atoms with Crippen molar-refractivity contribution in [1.82, 2.24) is 20.0 Å². The number of alkyl carbamates (subject to hydrolysis) is 1. The normalized spacial score (nSPS) is 11.5. The number of aliphatic carboxylic acids is 1. The fourth-order valence-corrected chi connectivity index (χ4v) is 3.04. The van der Waals surface area contributed by atoms with Gasteiger partial charge in [-0.3, -0.25) is 19.3 Å². The van der Waals surface area contributed by atoms with E-state index in [2.05, 4.69) is 5.32 Å². The first-order valence-electron chi connectivity index (χ1n) is 16.4. The van der Waals surface area contributed by atoms with Gasteiger partial charge in [-0.1, -0.05) is 0 Å². The maximum absolute atomic E-state index is 12.2. The number of methoxy groups -OCH3 is 2. The number of amides is 4. The molecule has 284 valence electrons. The van der Waals surface area contributed by atoms with Crippen molar-refractivity contribution < 1.29 is 48.0 Å². The molecule has 0 bridgehead atoms. The maximum Gasteiger partial charge on any atom is 0.410 e. The number of hydrogen-bond donors (Lipinski definition) is 2. The van der Waals surface area contributed by atoms with E-state index >= 15 is 0 Å². The van der Waals surface area contributed by atoms with Gasteiger partial charge in [0.1, 0.15) is 17.7 Å². The van der Waals surface area contributed by atoms with Crippen LogP contribution in [0.3, 0.4) is 0 Å². The highest BCUT2D eigenvalue weighted by Crippen LogP contribution is 2.11. The summed E-state index contributed by atoms with van der Waals surface area (Å²) < 4.78 is 20.3. The SMILES string of the molecule is CC(C)(C)OC(=O)NCCCN(C=O)CCCCN(C=O)CCCN(CC(=O)O)C(=O)OC(C)(C)C.COC(C)(C)C.COC(C)(C)C. The van der Waals surface area contributed by atoms with E-state index in [-0.39, 0.29) is 17.7 Å². The van der Waals surface area contributed by atoms with Crippen LogP contribution in [-0.4, -0.2) is 133 Å². The fraction of sp³-hybridized carbons (Fsp3) is 0.853. The van der Waals surface area contributed by atoms with Gasteiger partial charge in [-0.05, 0) is 109 Å². The molecule has 0 unspecified atom stereocenters. The molecule has 4 amide bonds. The quantitative estimate of drug-likeness (QED) is 0.153. The summed E-state index contributed by atoms with van der Waals surface area (Å²) in [5.41, 5.74) is -1.23. The van der Waals surface area contributed by atoms with Gasteiger partial charge in [0.15, 0.2) is 0 Å². The summed E-state index contributed by atoms with van der Waals surface area (Å²) in [7, 11) is 3.42. The Balaban J connectivity index is -0.00000142. The minimum atomic E-state index is -1.14. The highest BCUT2D eigenvalue weighted by atomic mass is 16.6. The molecule has 0 fully saturated rings. The zero-order valence-corrected chi connectivity index (χ0v) is 32.4. The molecule has 14 heteroatoms. The van der Waals surface area contributed by atoms with Gasteiger partial charge in [-0.15, -0.1) is 0 Å². The molecule has 0 rings (SSSR count). The minimum absolute atomic E-state index is 0.0417. The molecular formula is C34H68N4O10. The van der Waals surface area contributed by atoms with Crippen molar-refractivity contribution >= 4 is 31.0 Å². The molecule has 14 nitrogen and oxygen atoms in total. The molecule has 0 saturated heterocycles. The molecule has 0 spiro atoms. The molecule has 0 radical (unpaired) electrons. The number of nitrogens with zero attached hydrogens (tertiary/aromatic N) is 3. The lowest BCUT2D eigenvalue weighted by Gasteiger charge is -2.27. The van der Waals surface area contributed by atoms with Crippen molar-refractivity contribution in [3.63, 3.8) is 0 Å². The number of rotatable bonds is 17. The molecule has 0 aliphatic carbocycles. The first kappa shape index (κ1) is 49.3. The van der Waals surface area contributed by atoms with E-state index in [9.17, 15) is 24.0 Å². The van der Waals surface area contributed by atoms with Crippen LogP contribution in [0.5, 0.6) is 0 Å².